The van der Waals surface area contributed by atoms with E-state index in [1.54, 1.807) is 12.1 Å². The summed E-state index contributed by atoms with van der Waals surface area (Å²) in [7, 11) is 0. The minimum Gasteiger partial charge on any atom is -0.491 e. The molecule has 0 fully saturated rings. The van der Waals surface area contributed by atoms with Gasteiger partial charge in [0.15, 0.2) is 0 Å². The Morgan fingerprint density at radius 1 is 1.46 bits per heavy atom. The van der Waals surface area contributed by atoms with E-state index in [0.717, 1.165) is 12.5 Å². The number of fused-ring (bicyclic) bond motifs is 2. The molecule has 0 saturated heterocycles. The number of nitrogens with zero attached hydrogens (tertiary/aromatic N) is 2. The third-order valence-electron chi connectivity index (χ3n) is 3.42. The summed E-state index contributed by atoms with van der Waals surface area (Å²) >= 11 is 0. The molecule has 0 radical (unpaired) electrons. The fraction of sp³-hybridized carbons (Fsp3) is 0.235. The highest BCUT2D eigenvalue weighted by atomic mass is 16.5. The van der Waals surface area contributed by atoms with E-state index < -0.39 is 5.97 Å². The van der Waals surface area contributed by atoms with Crippen molar-refractivity contribution in [1.82, 2.24) is 4.98 Å². The van der Waals surface area contributed by atoms with Crippen LogP contribution in [0.2, 0.25) is 0 Å². The first-order valence-corrected chi connectivity index (χ1v) is 7.59. The van der Waals surface area contributed by atoms with E-state index in [9.17, 15) is 0 Å². The number of aromatic nitrogens is 1. The van der Waals surface area contributed by atoms with E-state index in [2.05, 4.69) is 4.98 Å². The third-order valence-corrected chi connectivity index (χ3v) is 3.42. The molecule has 1 aromatic heterocycles. The molecule has 0 bridgehead atoms. The van der Waals surface area contributed by atoms with Crippen LogP contribution in [0.15, 0.2) is 18.2 Å². The molecule has 2 heterocycles. The highest BCUT2D eigenvalue weighted by Gasteiger charge is 2.24. The number of aliphatic hydroxyl groups is 1. The van der Waals surface area contributed by atoms with E-state index >= 15 is 0 Å². The van der Waals surface area contributed by atoms with Crippen LogP contribution in [0.4, 0.5) is 11.5 Å². The first-order valence-electron chi connectivity index (χ1n) is 7.59. The number of nitriles is 1. The molecule has 1 aliphatic rings. The molecule has 1 aliphatic heterocycles. The summed E-state index contributed by atoms with van der Waals surface area (Å²) in [5, 5.41) is 25.3. The molecule has 6 N–H and O–H groups in total. The third kappa shape index (κ3) is 4.12. The van der Waals surface area contributed by atoms with Gasteiger partial charge in [0.2, 0.25) is 5.88 Å². The number of benzene rings is 1. The van der Waals surface area contributed by atoms with Crippen molar-refractivity contribution in [1.29, 1.82) is 5.26 Å². The Labute approximate surface area is 149 Å². The second-order valence-electron chi connectivity index (χ2n) is 5.32. The van der Waals surface area contributed by atoms with E-state index in [-0.39, 0.29) is 24.6 Å². The molecule has 9 heteroatoms. The molecule has 0 spiro atoms. The quantitative estimate of drug-likeness (QED) is 0.539. The zero-order chi connectivity index (χ0) is 19.3. The topological polar surface area (TPSA) is 165 Å². The monoisotopic (exact) mass is 358 g/mol. The van der Waals surface area contributed by atoms with Crippen LogP contribution in [0.25, 0.3) is 0 Å². The van der Waals surface area contributed by atoms with Crippen molar-refractivity contribution < 1.29 is 24.5 Å². The summed E-state index contributed by atoms with van der Waals surface area (Å²) < 4.78 is 11.1. The van der Waals surface area contributed by atoms with Crippen LogP contribution in [0.3, 0.4) is 0 Å². The van der Waals surface area contributed by atoms with Gasteiger partial charge in [0, 0.05) is 25.0 Å². The fourth-order valence-corrected chi connectivity index (χ4v) is 2.33. The zero-order valence-corrected chi connectivity index (χ0v) is 14.0. The van der Waals surface area contributed by atoms with Gasteiger partial charge in [0.1, 0.15) is 35.6 Å². The molecule has 0 saturated carbocycles. The number of carboxylic acids is 1. The summed E-state index contributed by atoms with van der Waals surface area (Å²) in [5.74, 6) is 0.709. The molecule has 0 unspecified atom stereocenters. The Bertz CT molecular complexity index is 872. The average molecular weight is 358 g/mol. The molecule has 136 valence electrons. The molecule has 0 aliphatic carbocycles. The molecule has 0 amide bonds. The minimum atomic E-state index is -0.833. The Morgan fingerprint density at radius 3 is 2.77 bits per heavy atom. The van der Waals surface area contributed by atoms with Gasteiger partial charge in [0.05, 0.1) is 12.3 Å². The molecular formula is C17H18N4O5. The number of rotatable bonds is 3. The smallest absolute Gasteiger partial charge is 0.300 e. The van der Waals surface area contributed by atoms with Crippen molar-refractivity contribution in [3.63, 3.8) is 0 Å². The Kier molecular flexibility index (Phi) is 5.82. The summed E-state index contributed by atoms with van der Waals surface area (Å²) in [6, 6.07) is 7.32. The normalized spacial score (nSPS) is 11.0. The fourth-order valence-electron chi connectivity index (χ4n) is 2.33. The summed E-state index contributed by atoms with van der Waals surface area (Å²) in [5.41, 5.74) is 13.8. The number of carbonyl (C=O) groups is 1. The highest BCUT2D eigenvalue weighted by molar-refractivity contribution is 5.72. The molecule has 1 aromatic carbocycles. The van der Waals surface area contributed by atoms with Gasteiger partial charge in [-0.05, 0) is 11.6 Å². The number of aliphatic hydroxyl groups excluding tert-OH is 1. The predicted molar refractivity (Wildman–Crippen MR) is 93.0 cm³/mol. The van der Waals surface area contributed by atoms with Crippen LogP contribution in [-0.2, 0) is 11.2 Å². The van der Waals surface area contributed by atoms with Crippen LogP contribution in [0.1, 0.15) is 23.6 Å². The first-order chi connectivity index (χ1) is 12.4. The van der Waals surface area contributed by atoms with Crippen molar-refractivity contribution >= 4 is 17.5 Å². The van der Waals surface area contributed by atoms with Crippen LogP contribution in [-0.4, -0.2) is 34.4 Å². The Balaban J connectivity index is 0.000000552. The lowest BCUT2D eigenvalue weighted by molar-refractivity contribution is -0.134. The SMILES string of the molecule is CC(=O)O.N#Cc1c(N)nc2c(c1N)Cc1ccc(OCCO)cc1O2. The number of hydrogen-bond acceptors (Lipinski definition) is 8. The van der Waals surface area contributed by atoms with Crippen molar-refractivity contribution in [3.05, 3.63) is 34.9 Å². The van der Waals surface area contributed by atoms with Crippen LogP contribution in [0, 0.1) is 11.3 Å². The Morgan fingerprint density at radius 2 is 2.15 bits per heavy atom. The summed E-state index contributed by atoms with van der Waals surface area (Å²) in [6.45, 7) is 1.23. The molecule has 0 atom stereocenters. The largest absolute Gasteiger partial charge is 0.491 e. The van der Waals surface area contributed by atoms with Crippen LogP contribution >= 0.6 is 0 Å². The van der Waals surface area contributed by atoms with Gasteiger partial charge >= 0.3 is 0 Å². The molecule has 26 heavy (non-hydrogen) atoms. The van der Waals surface area contributed by atoms with Gasteiger partial charge in [-0.25, -0.2) is 0 Å². The van der Waals surface area contributed by atoms with Crippen molar-refractivity contribution in [2.24, 2.45) is 0 Å². The van der Waals surface area contributed by atoms with E-state index in [0.29, 0.717) is 35.1 Å². The van der Waals surface area contributed by atoms with Crippen molar-refractivity contribution in [2.75, 3.05) is 24.7 Å². The summed E-state index contributed by atoms with van der Waals surface area (Å²) in [6.07, 6.45) is 0.499. The first kappa shape index (κ1) is 18.8. The zero-order valence-electron chi connectivity index (χ0n) is 14.0. The lowest BCUT2D eigenvalue weighted by Gasteiger charge is -2.22. The van der Waals surface area contributed by atoms with Gasteiger partial charge in [-0.15, -0.1) is 0 Å². The second-order valence-corrected chi connectivity index (χ2v) is 5.32. The molecule has 2 aromatic rings. The highest BCUT2D eigenvalue weighted by Crippen LogP contribution is 2.41. The maximum Gasteiger partial charge on any atom is 0.300 e. The average Bonchev–Trinajstić information content (AvgIpc) is 2.58. The molecule has 3 rings (SSSR count). The minimum absolute atomic E-state index is 0.0508. The summed E-state index contributed by atoms with van der Waals surface area (Å²) in [4.78, 5) is 13.1. The van der Waals surface area contributed by atoms with E-state index in [1.165, 1.54) is 0 Å². The number of aliphatic carboxylic acids is 1. The lowest BCUT2D eigenvalue weighted by Crippen LogP contribution is -2.12. The number of pyridine rings is 1. The predicted octanol–water partition coefficient (Wildman–Crippen LogP) is 1.28. The Hall–Kier alpha value is -3.51. The number of carboxylic acid groups (broad SMARTS) is 1. The number of nitrogen functional groups attached to an aromatic ring is 2. The number of nitrogens with two attached hydrogens (primary N) is 2. The standard InChI is InChI=1S/C15H14N4O3.C2H4O2/c16-7-11-13(17)10-5-8-1-2-9(21-4-3-20)6-12(8)22-15(10)19-14(11)18;1-2(3)4/h1-2,6,20H,3-5H2,(H4,17,18,19);1H3,(H,3,4). The second kappa shape index (κ2) is 8.04. The maximum absolute atomic E-state index is 9.09. The van der Waals surface area contributed by atoms with Gasteiger partial charge in [0.25, 0.3) is 5.97 Å². The van der Waals surface area contributed by atoms with Crippen molar-refractivity contribution in [2.45, 2.75) is 13.3 Å². The van der Waals surface area contributed by atoms with Gasteiger partial charge in [-0.3, -0.25) is 4.79 Å². The number of hydrogen-bond donors (Lipinski definition) is 4. The van der Waals surface area contributed by atoms with Gasteiger partial charge in [-0.2, -0.15) is 10.2 Å². The van der Waals surface area contributed by atoms with E-state index in [4.69, 9.17) is 41.2 Å². The van der Waals surface area contributed by atoms with Gasteiger partial charge in [-0.1, -0.05) is 6.07 Å². The number of anilines is 2. The lowest BCUT2D eigenvalue weighted by atomic mass is 9.99. The van der Waals surface area contributed by atoms with Crippen LogP contribution < -0.4 is 20.9 Å². The molecular weight excluding hydrogens is 340 g/mol. The molecule has 9 nitrogen and oxygen atoms in total. The van der Waals surface area contributed by atoms with Crippen molar-refractivity contribution in [3.8, 4) is 23.4 Å². The maximum atomic E-state index is 9.09. The van der Waals surface area contributed by atoms with E-state index in [1.807, 2.05) is 12.1 Å². The van der Waals surface area contributed by atoms with Crippen LogP contribution in [0.5, 0.6) is 17.4 Å². The number of ether oxygens (including phenoxy) is 2. The van der Waals surface area contributed by atoms with Gasteiger partial charge < -0.3 is 31.2 Å².